The minimum Gasteiger partial charge on any atom is -0.464 e. The highest BCUT2D eigenvalue weighted by atomic mass is 31.2. The molecule has 0 aromatic heterocycles. The van der Waals surface area contributed by atoms with E-state index in [0.29, 0.717) is 31.5 Å². The SMILES string of the molecule is CCC(CC)COC(=O)[C@H](C)NP(=O)(OCC1OCCO1)Oc1ccccc1. The average Bonchev–Trinajstić information content (AvgIpc) is 3.21. The maximum atomic E-state index is 13.2. The first-order valence-electron chi connectivity index (χ1n) is 9.62. The normalized spacial score (nSPS) is 18.0. The number of para-hydroxylation sites is 1. The van der Waals surface area contributed by atoms with Crippen LogP contribution in [0, 0.1) is 5.92 Å². The van der Waals surface area contributed by atoms with Gasteiger partial charge in [-0.15, -0.1) is 0 Å². The Morgan fingerprint density at radius 3 is 2.46 bits per heavy atom. The highest BCUT2D eigenvalue weighted by Crippen LogP contribution is 2.45. The Kier molecular flexibility index (Phi) is 9.41. The zero-order chi connectivity index (χ0) is 20.4. The molecule has 1 heterocycles. The van der Waals surface area contributed by atoms with Gasteiger partial charge in [0.1, 0.15) is 18.4 Å². The summed E-state index contributed by atoms with van der Waals surface area (Å²) in [5, 5.41) is 2.65. The largest absolute Gasteiger partial charge is 0.464 e. The third kappa shape index (κ3) is 7.53. The third-order valence-electron chi connectivity index (χ3n) is 4.36. The summed E-state index contributed by atoms with van der Waals surface area (Å²) in [4.78, 5) is 12.3. The van der Waals surface area contributed by atoms with Crippen molar-refractivity contribution < 1.29 is 32.6 Å². The quantitative estimate of drug-likeness (QED) is 0.410. The Morgan fingerprint density at radius 2 is 1.86 bits per heavy atom. The van der Waals surface area contributed by atoms with Gasteiger partial charge in [-0.2, -0.15) is 5.09 Å². The van der Waals surface area contributed by atoms with E-state index in [1.807, 2.05) is 19.9 Å². The zero-order valence-corrected chi connectivity index (χ0v) is 17.6. The van der Waals surface area contributed by atoms with Gasteiger partial charge in [-0.1, -0.05) is 44.9 Å². The molecule has 1 unspecified atom stereocenters. The first-order chi connectivity index (χ1) is 13.5. The molecule has 0 spiro atoms. The molecule has 0 amide bonds. The number of benzene rings is 1. The molecule has 1 aromatic rings. The van der Waals surface area contributed by atoms with Crippen LogP contribution >= 0.6 is 7.75 Å². The van der Waals surface area contributed by atoms with Crippen LogP contribution in [0.1, 0.15) is 33.6 Å². The van der Waals surface area contributed by atoms with Crippen molar-refractivity contribution in [2.45, 2.75) is 45.9 Å². The number of carbonyl (C=O) groups is 1. The molecule has 158 valence electrons. The maximum Gasteiger partial charge on any atom is 0.459 e. The standard InChI is InChI=1S/C19H30NO7P/c1-4-16(5-2)13-25-19(21)15(3)20-28(22,26-14-18-23-11-12-24-18)27-17-9-7-6-8-10-17/h6-10,15-16,18H,4-5,11-14H2,1-3H3,(H,20,22)/t15-,28?/m0/s1. The molecule has 1 fully saturated rings. The Morgan fingerprint density at radius 1 is 1.21 bits per heavy atom. The predicted molar refractivity (Wildman–Crippen MR) is 104 cm³/mol. The van der Waals surface area contributed by atoms with Crippen molar-refractivity contribution in [3.63, 3.8) is 0 Å². The number of rotatable bonds is 12. The summed E-state index contributed by atoms with van der Waals surface area (Å²) in [6, 6.07) is 7.72. The van der Waals surface area contributed by atoms with Crippen molar-refractivity contribution in [3.8, 4) is 5.75 Å². The minimum atomic E-state index is -3.88. The third-order valence-corrected chi connectivity index (χ3v) is 6.01. The van der Waals surface area contributed by atoms with Crippen LogP contribution in [0.3, 0.4) is 0 Å². The first kappa shape index (κ1) is 22.8. The highest BCUT2D eigenvalue weighted by molar-refractivity contribution is 7.52. The van der Waals surface area contributed by atoms with Crippen LogP contribution in [0.25, 0.3) is 0 Å². The van der Waals surface area contributed by atoms with Crippen LogP contribution in [0.15, 0.2) is 30.3 Å². The van der Waals surface area contributed by atoms with Crippen LogP contribution in [-0.4, -0.2) is 44.7 Å². The van der Waals surface area contributed by atoms with E-state index in [1.54, 1.807) is 31.2 Å². The van der Waals surface area contributed by atoms with E-state index >= 15 is 0 Å². The number of hydrogen-bond donors (Lipinski definition) is 1. The van der Waals surface area contributed by atoms with Gasteiger partial charge in [0.2, 0.25) is 0 Å². The predicted octanol–water partition coefficient (Wildman–Crippen LogP) is 3.52. The van der Waals surface area contributed by atoms with E-state index in [1.165, 1.54) is 0 Å². The summed E-state index contributed by atoms with van der Waals surface area (Å²) >= 11 is 0. The van der Waals surface area contributed by atoms with E-state index in [-0.39, 0.29) is 6.61 Å². The molecule has 0 radical (unpaired) electrons. The lowest BCUT2D eigenvalue weighted by molar-refractivity contribution is -0.146. The Balaban J connectivity index is 1.98. The molecular formula is C19H30NO7P. The summed E-state index contributed by atoms with van der Waals surface area (Å²) in [6.45, 7) is 6.79. The van der Waals surface area contributed by atoms with Gasteiger partial charge in [-0.25, -0.2) is 4.57 Å². The number of esters is 1. The summed E-state index contributed by atoms with van der Waals surface area (Å²) < 4.78 is 40.2. The van der Waals surface area contributed by atoms with Gasteiger partial charge in [0.05, 0.1) is 19.8 Å². The van der Waals surface area contributed by atoms with Crippen molar-refractivity contribution >= 4 is 13.7 Å². The van der Waals surface area contributed by atoms with Crippen LogP contribution in [-0.2, 0) is 28.1 Å². The van der Waals surface area contributed by atoms with Crippen LogP contribution in [0.5, 0.6) is 5.75 Å². The highest BCUT2D eigenvalue weighted by Gasteiger charge is 2.34. The molecule has 28 heavy (non-hydrogen) atoms. The molecule has 1 saturated heterocycles. The summed E-state index contributed by atoms with van der Waals surface area (Å²) in [5.41, 5.74) is 0. The fraction of sp³-hybridized carbons (Fsp3) is 0.632. The van der Waals surface area contributed by atoms with Gasteiger partial charge in [0.15, 0.2) is 6.29 Å². The molecule has 1 N–H and O–H groups in total. The molecule has 0 saturated carbocycles. The van der Waals surface area contributed by atoms with E-state index in [9.17, 15) is 9.36 Å². The van der Waals surface area contributed by atoms with E-state index in [2.05, 4.69) is 5.09 Å². The second kappa shape index (κ2) is 11.5. The zero-order valence-electron chi connectivity index (χ0n) is 16.7. The van der Waals surface area contributed by atoms with Crippen molar-refractivity contribution in [2.75, 3.05) is 26.4 Å². The Bertz CT molecular complexity index is 632. The fourth-order valence-corrected chi connectivity index (χ4v) is 3.99. The van der Waals surface area contributed by atoms with E-state index in [0.717, 1.165) is 12.8 Å². The molecule has 1 aliphatic rings. The topological polar surface area (TPSA) is 92.3 Å². The Hall–Kier alpha value is -1.44. The van der Waals surface area contributed by atoms with E-state index in [4.69, 9.17) is 23.3 Å². The lowest BCUT2D eigenvalue weighted by Gasteiger charge is -2.24. The van der Waals surface area contributed by atoms with Crippen LogP contribution < -0.4 is 9.61 Å². The first-order valence-corrected chi connectivity index (χ1v) is 11.2. The number of carbonyl (C=O) groups excluding carboxylic acids is 1. The summed E-state index contributed by atoms with van der Waals surface area (Å²) in [5.74, 6) is 0.140. The number of ether oxygens (including phenoxy) is 3. The molecule has 8 nitrogen and oxygen atoms in total. The molecule has 1 aromatic carbocycles. The molecule has 0 aliphatic carbocycles. The van der Waals surface area contributed by atoms with Gasteiger partial charge in [0.25, 0.3) is 0 Å². The van der Waals surface area contributed by atoms with Crippen LogP contribution in [0.4, 0.5) is 0 Å². The van der Waals surface area contributed by atoms with Crippen molar-refractivity contribution in [1.29, 1.82) is 0 Å². The molecule has 0 bridgehead atoms. The minimum absolute atomic E-state index is 0.0907. The molecule has 2 atom stereocenters. The fourth-order valence-electron chi connectivity index (χ4n) is 2.51. The second-order valence-electron chi connectivity index (χ2n) is 6.53. The smallest absolute Gasteiger partial charge is 0.459 e. The van der Waals surface area contributed by atoms with E-state index < -0.39 is 26.0 Å². The molecule has 2 rings (SSSR count). The molecule has 1 aliphatic heterocycles. The van der Waals surface area contributed by atoms with Gasteiger partial charge in [0, 0.05) is 0 Å². The van der Waals surface area contributed by atoms with Gasteiger partial charge >= 0.3 is 13.7 Å². The molecule has 9 heteroatoms. The van der Waals surface area contributed by atoms with Crippen molar-refractivity contribution in [1.82, 2.24) is 5.09 Å². The lowest BCUT2D eigenvalue weighted by atomic mass is 10.1. The maximum absolute atomic E-state index is 13.2. The monoisotopic (exact) mass is 415 g/mol. The number of hydrogen-bond acceptors (Lipinski definition) is 7. The van der Waals surface area contributed by atoms with Crippen molar-refractivity contribution in [3.05, 3.63) is 30.3 Å². The van der Waals surface area contributed by atoms with Crippen LogP contribution in [0.2, 0.25) is 0 Å². The average molecular weight is 415 g/mol. The summed E-state index contributed by atoms with van der Waals surface area (Å²) in [7, 11) is -3.88. The van der Waals surface area contributed by atoms with Crippen molar-refractivity contribution in [2.24, 2.45) is 5.92 Å². The second-order valence-corrected chi connectivity index (χ2v) is 8.23. The van der Waals surface area contributed by atoms with Gasteiger partial charge in [-0.05, 0) is 25.0 Å². The summed E-state index contributed by atoms with van der Waals surface area (Å²) in [6.07, 6.45) is 1.23. The van der Waals surface area contributed by atoms with Gasteiger partial charge in [-0.3, -0.25) is 9.32 Å². The Labute approximate surface area is 166 Å². The van der Waals surface area contributed by atoms with Gasteiger partial charge < -0.3 is 18.7 Å². The molecular weight excluding hydrogens is 385 g/mol. The number of nitrogens with one attached hydrogen (secondary N) is 1. The lowest BCUT2D eigenvalue weighted by Crippen LogP contribution is -2.36.